The SMILES string of the molecule is CC/N=C/N1CCN(CC2CC2)CC1. The van der Waals surface area contributed by atoms with E-state index >= 15 is 0 Å². The number of hydrogen-bond donors (Lipinski definition) is 0. The third-order valence-electron chi connectivity index (χ3n) is 3.05. The topological polar surface area (TPSA) is 18.8 Å². The number of nitrogens with zero attached hydrogens (tertiary/aromatic N) is 3. The second kappa shape index (κ2) is 4.78. The van der Waals surface area contributed by atoms with Gasteiger partial charge < -0.3 is 4.90 Å². The van der Waals surface area contributed by atoms with E-state index in [1.54, 1.807) is 0 Å². The van der Waals surface area contributed by atoms with Gasteiger partial charge in [0.1, 0.15) is 0 Å². The Morgan fingerprint density at radius 3 is 2.50 bits per heavy atom. The van der Waals surface area contributed by atoms with Crippen LogP contribution in [0.25, 0.3) is 0 Å². The molecule has 0 atom stereocenters. The highest BCUT2D eigenvalue weighted by molar-refractivity contribution is 5.54. The van der Waals surface area contributed by atoms with Gasteiger partial charge in [-0.1, -0.05) is 0 Å². The molecule has 0 aromatic rings. The molecule has 0 radical (unpaired) electrons. The van der Waals surface area contributed by atoms with E-state index in [1.165, 1.54) is 32.5 Å². The molecule has 3 nitrogen and oxygen atoms in total. The molecule has 0 amide bonds. The molecule has 0 N–H and O–H groups in total. The maximum atomic E-state index is 4.28. The van der Waals surface area contributed by atoms with Gasteiger partial charge in [0, 0.05) is 39.3 Å². The summed E-state index contributed by atoms with van der Waals surface area (Å²) in [5.41, 5.74) is 0. The van der Waals surface area contributed by atoms with Crippen LogP contribution in [0.5, 0.6) is 0 Å². The first-order valence-electron chi connectivity index (χ1n) is 5.85. The summed E-state index contributed by atoms with van der Waals surface area (Å²) in [6.45, 7) is 9.12. The molecule has 0 unspecified atom stereocenters. The lowest BCUT2D eigenvalue weighted by Crippen LogP contribution is -2.46. The summed E-state index contributed by atoms with van der Waals surface area (Å²) in [6, 6.07) is 0. The summed E-state index contributed by atoms with van der Waals surface area (Å²) >= 11 is 0. The fourth-order valence-electron chi connectivity index (χ4n) is 1.92. The molecule has 3 heteroatoms. The van der Waals surface area contributed by atoms with Crippen LogP contribution in [0.4, 0.5) is 0 Å². The third-order valence-corrected chi connectivity index (χ3v) is 3.05. The Kier molecular flexibility index (Phi) is 3.40. The average molecular weight is 195 g/mol. The first-order valence-corrected chi connectivity index (χ1v) is 5.85. The highest BCUT2D eigenvalue weighted by atomic mass is 15.3. The van der Waals surface area contributed by atoms with Crippen LogP contribution in [0.15, 0.2) is 4.99 Å². The predicted octanol–water partition coefficient (Wildman–Crippen LogP) is 1.06. The van der Waals surface area contributed by atoms with Crippen molar-refractivity contribution in [2.45, 2.75) is 19.8 Å². The van der Waals surface area contributed by atoms with Gasteiger partial charge in [0.15, 0.2) is 0 Å². The van der Waals surface area contributed by atoms with Gasteiger partial charge in [-0.3, -0.25) is 9.89 Å². The standard InChI is InChI=1S/C11H21N3/c1-2-12-10-14-7-5-13(6-8-14)9-11-3-4-11/h10-11H,2-9H2,1H3/b12-10+. The Morgan fingerprint density at radius 2 is 1.93 bits per heavy atom. The van der Waals surface area contributed by atoms with Crippen LogP contribution in [-0.4, -0.2) is 55.4 Å². The molecule has 1 heterocycles. The molecule has 2 fully saturated rings. The molecule has 1 aliphatic carbocycles. The van der Waals surface area contributed by atoms with Gasteiger partial charge in [0.05, 0.1) is 6.34 Å². The van der Waals surface area contributed by atoms with Gasteiger partial charge in [-0.15, -0.1) is 0 Å². The largest absolute Gasteiger partial charge is 0.360 e. The smallest absolute Gasteiger partial charge is 0.0850 e. The number of rotatable bonds is 4. The number of piperazine rings is 1. The molecule has 0 bridgehead atoms. The van der Waals surface area contributed by atoms with E-state index < -0.39 is 0 Å². The lowest BCUT2D eigenvalue weighted by Gasteiger charge is -2.33. The second-order valence-corrected chi connectivity index (χ2v) is 4.39. The summed E-state index contributed by atoms with van der Waals surface area (Å²) < 4.78 is 0. The Morgan fingerprint density at radius 1 is 1.21 bits per heavy atom. The minimum Gasteiger partial charge on any atom is -0.360 e. The molecule has 14 heavy (non-hydrogen) atoms. The van der Waals surface area contributed by atoms with Crippen LogP contribution in [0.3, 0.4) is 0 Å². The third kappa shape index (κ3) is 2.98. The summed E-state index contributed by atoms with van der Waals surface area (Å²) in [6.07, 6.45) is 4.96. The van der Waals surface area contributed by atoms with Crippen LogP contribution in [0, 0.1) is 5.92 Å². The van der Waals surface area contributed by atoms with E-state index in [1.807, 2.05) is 6.34 Å². The van der Waals surface area contributed by atoms with Crippen molar-refractivity contribution in [2.24, 2.45) is 10.9 Å². The lowest BCUT2D eigenvalue weighted by atomic mass is 10.3. The maximum absolute atomic E-state index is 4.28. The molecule has 0 aromatic carbocycles. The molecule has 1 saturated carbocycles. The fourth-order valence-corrected chi connectivity index (χ4v) is 1.92. The van der Waals surface area contributed by atoms with Crippen LogP contribution < -0.4 is 0 Å². The highest BCUT2D eigenvalue weighted by Crippen LogP contribution is 2.29. The zero-order chi connectivity index (χ0) is 9.80. The summed E-state index contributed by atoms with van der Waals surface area (Å²) in [7, 11) is 0. The summed E-state index contributed by atoms with van der Waals surface area (Å²) in [5, 5.41) is 0. The van der Waals surface area contributed by atoms with Crippen molar-refractivity contribution in [1.29, 1.82) is 0 Å². The van der Waals surface area contributed by atoms with E-state index in [0.717, 1.165) is 25.6 Å². The van der Waals surface area contributed by atoms with E-state index in [-0.39, 0.29) is 0 Å². The molecule has 80 valence electrons. The Labute approximate surface area is 86.8 Å². The maximum Gasteiger partial charge on any atom is 0.0850 e. The molecular formula is C11H21N3. The van der Waals surface area contributed by atoms with Gasteiger partial charge in [-0.2, -0.15) is 0 Å². The second-order valence-electron chi connectivity index (χ2n) is 4.39. The zero-order valence-corrected chi connectivity index (χ0v) is 9.15. The molecular weight excluding hydrogens is 174 g/mol. The van der Waals surface area contributed by atoms with Crippen molar-refractivity contribution in [3.8, 4) is 0 Å². The molecule has 1 aliphatic heterocycles. The van der Waals surface area contributed by atoms with E-state index in [4.69, 9.17) is 0 Å². The molecule has 2 rings (SSSR count). The molecule has 0 spiro atoms. The summed E-state index contributed by atoms with van der Waals surface area (Å²) in [4.78, 5) is 9.22. The number of aliphatic imine (C=N–C) groups is 1. The summed E-state index contributed by atoms with van der Waals surface area (Å²) in [5.74, 6) is 1.03. The quantitative estimate of drug-likeness (QED) is 0.493. The van der Waals surface area contributed by atoms with Crippen molar-refractivity contribution in [3.63, 3.8) is 0 Å². The van der Waals surface area contributed by atoms with E-state index in [2.05, 4.69) is 21.7 Å². The van der Waals surface area contributed by atoms with Crippen molar-refractivity contribution in [3.05, 3.63) is 0 Å². The van der Waals surface area contributed by atoms with Crippen LogP contribution >= 0.6 is 0 Å². The first-order chi connectivity index (χ1) is 6.88. The molecule has 1 saturated heterocycles. The van der Waals surface area contributed by atoms with Crippen molar-refractivity contribution >= 4 is 6.34 Å². The van der Waals surface area contributed by atoms with Crippen LogP contribution in [0.1, 0.15) is 19.8 Å². The van der Waals surface area contributed by atoms with Crippen LogP contribution in [-0.2, 0) is 0 Å². The van der Waals surface area contributed by atoms with Crippen molar-refractivity contribution in [1.82, 2.24) is 9.80 Å². The Hall–Kier alpha value is -0.570. The van der Waals surface area contributed by atoms with Gasteiger partial charge >= 0.3 is 0 Å². The minimum absolute atomic E-state index is 0.905. The van der Waals surface area contributed by atoms with E-state index in [9.17, 15) is 0 Å². The average Bonchev–Trinajstić information content (AvgIpc) is 3.01. The molecule has 0 aromatic heterocycles. The van der Waals surface area contributed by atoms with Gasteiger partial charge in [-0.05, 0) is 25.7 Å². The monoisotopic (exact) mass is 195 g/mol. The van der Waals surface area contributed by atoms with Gasteiger partial charge in [0.2, 0.25) is 0 Å². The first kappa shape index (κ1) is 9.97. The van der Waals surface area contributed by atoms with Crippen molar-refractivity contribution < 1.29 is 0 Å². The van der Waals surface area contributed by atoms with Crippen molar-refractivity contribution in [2.75, 3.05) is 39.3 Å². The predicted molar refractivity (Wildman–Crippen MR) is 59.8 cm³/mol. The zero-order valence-electron chi connectivity index (χ0n) is 9.15. The number of hydrogen-bond acceptors (Lipinski definition) is 2. The minimum atomic E-state index is 0.905. The lowest BCUT2D eigenvalue weighted by molar-refractivity contribution is 0.179. The highest BCUT2D eigenvalue weighted by Gasteiger charge is 2.25. The normalized spacial score (nSPS) is 24.8. The molecule has 2 aliphatic rings. The fraction of sp³-hybridized carbons (Fsp3) is 0.909. The van der Waals surface area contributed by atoms with E-state index in [0.29, 0.717) is 0 Å². The Balaban J connectivity index is 1.66. The van der Waals surface area contributed by atoms with Crippen LogP contribution in [0.2, 0.25) is 0 Å². The van der Waals surface area contributed by atoms with Gasteiger partial charge in [-0.25, -0.2) is 0 Å². The van der Waals surface area contributed by atoms with Gasteiger partial charge in [0.25, 0.3) is 0 Å². The Bertz CT molecular complexity index is 191.